The van der Waals surface area contributed by atoms with Gasteiger partial charge in [-0.1, -0.05) is 18.7 Å². The minimum absolute atomic E-state index is 0.0828. The average molecular weight is 272 g/mol. The molecule has 0 bridgehead atoms. The molecule has 0 spiro atoms. The Morgan fingerprint density at radius 1 is 1.35 bits per heavy atom. The molecule has 3 nitrogen and oxygen atoms in total. The number of hydrogen-bond donors (Lipinski definition) is 1. The summed E-state index contributed by atoms with van der Waals surface area (Å²) in [5.41, 5.74) is 7.71. The van der Waals surface area contributed by atoms with Crippen LogP contribution in [0.5, 0.6) is 5.75 Å². The van der Waals surface area contributed by atoms with Crippen LogP contribution in [0.3, 0.4) is 0 Å². The zero-order chi connectivity index (χ0) is 14.7. The first-order chi connectivity index (χ1) is 9.47. The molecule has 2 N–H and O–H groups in total. The van der Waals surface area contributed by atoms with E-state index in [9.17, 15) is 4.39 Å². The number of hydrogen-bond acceptors (Lipinski definition) is 3. The summed E-state index contributed by atoms with van der Waals surface area (Å²) in [7, 11) is 0. The lowest BCUT2D eigenvalue weighted by atomic mass is 10.00. The van der Waals surface area contributed by atoms with Crippen molar-refractivity contribution in [3.8, 4) is 5.75 Å². The minimum Gasteiger partial charge on any atom is -0.491 e. The Bertz CT molecular complexity index is 638. The van der Waals surface area contributed by atoms with Crippen molar-refractivity contribution in [1.29, 1.82) is 0 Å². The van der Waals surface area contributed by atoms with Crippen LogP contribution < -0.4 is 10.5 Å². The third-order valence-corrected chi connectivity index (χ3v) is 2.76. The monoisotopic (exact) mass is 272 g/mol. The van der Waals surface area contributed by atoms with Crippen molar-refractivity contribution in [3.05, 3.63) is 60.1 Å². The summed E-state index contributed by atoms with van der Waals surface area (Å²) in [6.07, 6.45) is 1.17. The van der Waals surface area contributed by atoms with Crippen molar-refractivity contribution >= 4 is 11.4 Å². The summed E-state index contributed by atoms with van der Waals surface area (Å²) in [4.78, 5) is 3.81. The average Bonchev–Trinajstić information content (AvgIpc) is 2.40. The maximum atomic E-state index is 13.3. The van der Waals surface area contributed by atoms with E-state index < -0.39 is 5.82 Å². The number of anilines is 1. The SMILES string of the molecule is C=C(c1cccc(OC(C)C)c1)c1cc(F)cnc1N. The van der Waals surface area contributed by atoms with Crippen molar-refractivity contribution in [2.75, 3.05) is 5.73 Å². The van der Waals surface area contributed by atoms with Gasteiger partial charge in [0.25, 0.3) is 0 Å². The van der Waals surface area contributed by atoms with Gasteiger partial charge in [0, 0.05) is 5.56 Å². The normalized spacial score (nSPS) is 10.6. The van der Waals surface area contributed by atoms with E-state index in [2.05, 4.69) is 11.6 Å². The molecule has 0 aliphatic rings. The number of nitrogens with two attached hydrogens (primary N) is 1. The van der Waals surface area contributed by atoms with E-state index in [-0.39, 0.29) is 11.9 Å². The molecular formula is C16H17FN2O. The Kier molecular flexibility index (Phi) is 4.03. The molecule has 20 heavy (non-hydrogen) atoms. The first kappa shape index (κ1) is 14.1. The molecule has 0 saturated heterocycles. The fourth-order valence-electron chi connectivity index (χ4n) is 1.88. The van der Waals surface area contributed by atoms with Crippen LogP contribution in [-0.4, -0.2) is 11.1 Å². The number of aromatic nitrogens is 1. The van der Waals surface area contributed by atoms with Gasteiger partial charge in [-0.15, -0.1) is 0 Å². The number of ether oxygens (including phenoxy) is 1. The van der Waals surface area contributed by atoms with Gasteiger partial charge in [0.2, 0.25) is 0 Å². The van der Waals surface area contributed by atoms with Gasteiger partial charge in [0.15, 0.2) is 0 Å². The fraction of sp³-hybridized carbons (Fsp3) is 0.188. The number of nitrogens with zero attached hydrogens (tertiary/aromatic N) is 1. The lowest BCUT2D eigenvalue weighted by molar-refractivity contribution is 0.242. The summed E-state index contributed by atoms with van der Waals surface area (Å²) < 4.78 is 18.9. The topological polar surface area (TPSA) is 48.1 Å². The van der Waals surface area contributed by atoms with Gasteiger partial charge in [0.1, 0.15) is 17.4 Å². The van der Waals surface area contributed by atoms with E-state index in [4.69, 9.17) is 10.5 Å². The molecule has 2 rings (SSSR count). The van der Waals surface area contributed by atoms with Gasteiger partial charge < -0.3 is 10.5 Å². The van der Waals surface area contributed by atoms with E-state index >= 15 is 0 Å². The molecule has 0 radical (unpaired) electrons. The van der Waals surface area contributed by atoms with Gasteiger partial charge in [-0.2, -0.15) is 0 Å². The van der Waals surface area contributed by atoms with E-state index in [0.29, 0.717) is 11.1 Å². The van der Waals surface area contributed by atoms with Crippen LogP contribution in [0, 0.1) is 5.82 Å². The standard InChI is InChI=1S/C16H17FN2O/c1-10(2)20-14-6-4-5-12(7-14)11(3)15-8-13(17)9-19-16(15)18/h4-10H,3H2,1-2H3,(H2,18,19). The third-order valence-electron chi connectivity index (χ3n) is 2.76. The lowest BCUT2D eigenvalue weighted by Crippen LogP contribution is -2.05. The number of nitrogen functional groups attached to an aromatic ring is 1. The van der Waals surface area contributed by atoms with E-state index in [1.165, 1.54) is 6.07 Å². The summed E-state index contributed by atoms with van der Waals surface area (Å²) in [6, 6.07) is 8.79. The highest BCUT2D eigenvalue weighted by atomic mass is 19.1. The van der Waals surface area contributed by atoms with Crippen LogP contribution in [0.4, 0.5) is 10.2 Å². The van der Waals surface area contributed by atoms with Gasteiger partial charge in [-0.05, 0) is 43.2 Å². The quantitative estimate of drug-likeness (QED) is 0.924. The van der Waals surface area contributed by atoms with Crippen LogP contribution in [0.2, 0.25) is 0 Å². The van der Waals surface area contributed by atoms with Crippen molar-refractivity contribution in [2.24, 2.45) is 0 Å². The third kappa shape index (κ3) is 3.15. The van der Waals surface area contributed by atoms with Crippen LogP contribution in [0.15, 0.2) is 43.1 Å². The highest BCUT2D eigenvalue weighted by molar-refractivity contribution is 5.83. The Labute approximate surface area is 117 Å². The Balaban J connectivity index is 2.35. The second-order valence-electron chi connectivity index (χ2n) is 4.76. The van der Waals surface area contributed by atoms with Crippen LogP contribution in [0.25, 0.3) is 5.57 Å². The molecule has 0 fully saturated rings. The van der Waals surface area contributed by atoms with Crippen LogP contribution >= 0.6 is 0 Å². The molecule has 0 atom stereocenters. The molecule has 1 aromatic carbocycles. The molecule has 1 heterocycles. The van der Waals surface area contributed by atoms with Gasteiger partial charge in [0.05, 0.1) is 12.3 Å². The van der Waals surface area contributed by atoms with Crippen molar-refractivity contribution < 1.29 is 9.13 Å². The predicted molar refractivity (Wildman–Crippen MR) is 78.9 cm³/mol. The molecule has 2 aromatic rings. The van der Waals surface area contributed by atoms with Crippen LogP contribution in [0.1, 0.15) is 25.0 Å². The molecule has 1 aromatic heterocycles. The number of benzene rings is 1. The molecule has 0 saturated carbocycles. The largest absolute Gasteiger partial charge is 0.491 e. The van der Waals surface area contributed by atoms with Gasteiger partial charge in [-0.25, -0.2) is 9.37 Å². The lowest BCUT2D eigenvalue weighted by Gasteiger charge is -2.13. The Morgan fingerprint density at radius 2 is 2.10 bits per heavy atom. The highest BCUT2D eigenvalue weighted by Gasteiger charge is 2.10. The number of rotatable bonds is 4. The molecule has 0 aliphatic heterocycles. The highest BCUT2D eigenvalue weighted by Crippen LogP contribution is 2.28. The fourth-order valence-corrected chi connectivity index (χ4v) is 1.88. The Hall–Kier alpha value is -2.36. The van der Waals surface area contributed by atoms with E-state index in [1.807, 2.05) is 38.1 Å². The van der Waals surface area contributed by atoms with Crippen molar-refractivity contribution in [2.45, 2.75) is 20.0 Å². The van der Waals surface area contributed by atoms with Crippen molar-refractivity contribution in [3.63, 3.8) is 0 Å². The van der Waals surface area contributed by atoms with Crippen LogP contribution in [-0.2, 0) is 0 Å². The predicted octanol–water partition coefficient (Wildman–Crippen LogP) is 3.65. The molecule has 4 heteroatoms. The first-order valence-corrected chi connectivity index (χ1v) is 6.34. The van der Waals surface area contributed by atoms with Crippen molar-refractivity contribution in [1.82, 2.24) is 4.98 Å². The molecule has 104 valence electrons. The number of pyridine rings is 1. The number of halogens is 1. The Morgan fingerprint density at radius 3 is 2.80 bits per heavy atom. The molecule has 0 unspecified atom stereocenters. The zero-order valence-corrected chi connectivity index (χ0v) is 11.6. The summed E-state index contributed by atoms with van der Waals surface area (Å²) >= 11 is 0. The second kappa shape index (κ2) is 5.74. The van der Waals surface area contributed by atoms with Gasteiger partial charge >= 0.3 is 0 Å². The molecule has 0 amide bonds. The first-order valence-electron chi connectivity index (χ1n) is 6.34. The summed E-state index contributed by atoms with van der Waals surface area (Å²) in [5.74, 6) is 0.554. The summed E-state index contributed by atoms with van der Waals surface area (Å²) in [5, 5.41) is 0. The second-order valence-corrected chi connectivity index (χ2v) is 4.76. The molecule has 0 aliphatic carbocycles. The van der Waals surface area contributed by atoms with E-state index in [0.717, 1.165) is 17.5 Å². The molecular weight excluding hydrogens is 255 g/mol. The van der Waals surface area contributed by atoms with Gasteiger partial charge in [-0.3, -0.25) is 0 Å². The maximum absolute atomic E-state index is 13.3. The smallest absolute Gasteiger partial charge is 0.142 e. The zero-order valence-electron chi connectivity index (χ0n) is 11.6. The summed E-state index contributed by atoms with van der Waals surface area (Å²) in [6.45, 7) is 7.88. The van der Waals surface area contributed by atoms with E-state index in [1.54, 1.807) is 0 Å². The minimum atomic E-state index is -0.440. The maximum Gasteiger partial charge on any atom is 0.142 e.